The molecule has 0 heterocycles. The Morgan fingerprint density at radius 2 is 2.00 bits per heavy atom. The van der Waals surface area contributed by atoms with Crippen LogP contribution in [0.5, 0.6) is 0 Å². The Balaban J connectivity index is 4.10. The first-order valence-electron chi connectivity index (χ1n) is 4.73. The number of rotatable bonds is 6. The monoisotopic (exact) mass is 208 g/mol. The Hall–Kier alpha value is -0.710. The molecule has 0 bridgehead atoms. The lowest BCUT2D eigenvalue weighted by molar-refractivity contribution is -0.133. The molecule has 14 heavy (non-hydrogen) atoms. The Morgan fingerprint density at radius 3 is 2.36 bits per heavy atom. The maximum Gasteiger partial charge on any atom is 0.255 e. The van der Waals surface area contributed by atoms with Crippen molar-refractivity contribution in [3.05, 3.63) is 0 Å². The largest absolute Gasteiger partial charge is 0.336 e. The number of halogens is 2. The van der Waals surface area contributed by atoms with Gasteiger partial charge in [0.1, 0.15) is 0 Å². The highest BCUT2D eigenvalue weighted by atomic mass is 19.3. The van der Waals surface area contributed by atoms with Gasteiger partial charge in [-0.1, -0.05) is 13.8 Å². The van der Waals surface area contributed by atoms with Crippen LogP contribution in [0.1, 0.15) is 20.3 Å². The molecular formula is C9H18F2N2O. The molecule has 0 rings (SSSR count). The first-order chi connectivity index (χ1) is 6.47. The van der Waals surface area contributed by atoms with Crippen molar-refractivity contribution >= 4 is 5.91 Å². The van der Waals surface area contributed by atoms with Gasteiger partial charge >= 0.3 is 0 Å². The predicted octanol–water partition coefficient (Wildman–Crippen LogP) is 1.08. The van der Waals surface area contributed by atoms with Gasteiger partial charge in [0.25, 0.3) is 6.43 Å². The third kappa shape index (κ3) is 5.85. The zero-order valence-corrected chi connectivity index (χ0v) is 8.67. The summed E-state index contributed by atoms with van der Waals surface area (Å²) in [5, 5.41) is 0. The van der Waals surface area contributed by atoms with Crippen LogP contribution in [0.15, 0.2) is 0 Å². The van der Waals surface area contributed by atoms with Crippen molar-refractivity contribution < 1.29 is 13.6 Å². The summed E-state index contributed by atoms with van der Waals surface area (Å²) in [7, 11) is 0. The third-order valence-corrected chi connectivity index (χ3v) is 1.69. The van der Waals surface area contributed by atoms with Gasteiger partial charge in [-0.05, 0) is 5.92 Å². The lowest BCUT2D eigenvalue weighted by atomic mass is 10.1. The zero-order valence-electron chi connectivity index (χ0n) is 8.67. The first-order valence-corrected chi connectivity index (χ1v) is 4.73. The first kappa shape index (κ1) is 13.3. The van der Waals surface area contributed by atoms with Crippen molar-refractivity contribution in [2.45, 2.75) is 26.7 Å². The number of nitrogens with two attached hydrogens (primary N) is 1. The van der Waals surface area contributed by atoms with E-state index in [9.17, 15) is 13.6 Å². The van der Waals surface area contributed by atoms with Gasteiger partial charge in [0.05, 0.1) is 6.54 Å². The molecule has 0 fully saturated rings. The molecule has 0 aromatic rings. The fourth-order valence-corrected chi connectivity index (χ4v) is 1.12. The van der Waals surface area contributed by atoms with Crippen LogP contribution < -0.4 is 5.73 Å². The highest BCUT2D eigenvalue weighted by Gasteiger charge is 2.17. The van der Waals surface area contributed by atoms with Crippen molar-refractivity contribution in [1.29, 1.82) is 0 Å². The predicted molar refractivity (Wildman–Crippen MR) is 51.1 cm³/mol. The summed E-state index contributed by atoms with van der Waals surface area (Å²) in [6.45, 7) is 3.66. The maximum absolute atomic E-state index is 12.1. The van der Waals surface area contributed by atoms with E-state index in [-0.39, 0.29) is 24.9 Å². The summed E-state index contributed by atoms with van der Waals surface area (Å²) < 4.78 is 24.1. The van der Waals surface area contributed by atoms with Crippen molar-refractivity contribution in [2.24, 2.45) is 11.7 Å². The van der Waals surface area contributed by atoms with Crippen molar-refractivity contribution in [3.63, 3.8) is 0 Å². The van der Waals surface area contributed by atoms with Gasteiger partial charge in [-0.2, -0.15) is 0 Å². The minimum absolute atomic E-state index is 0.181. The highest BCUT2D eigenvalue weighted by Crippen LogP contribution is 2.06. The summed E-state index contributed by atoms with van der Waals surface area (Å²) in [5.74, 6) is -0.0637. The minimum Gasteiger partial charge on any atom is -0.336 e. The molecule has 0 atom stereocenters. The molecule has 0 aliphatic rings. The number of carbonyl (C=O) groups excluding carboxylic acids is 1. The molecule has 0 saturated heterocycles. The Labute approximate surface area is 83.3 Å². The van der Waals surface area contributed by atoms with E-state index in [4.69, 9.17) is 5.73 Å². The molecule has 0 aliphatic carbocycles. The van der Waals surface area contributed by atoms with Gasteiger partial charge in [0.2, 0.25) is 5.91 Å². The molecule has 0 radical (unpaired) electrons. The molecule has 0 unspecified atom stereocenters. The van der Waals surface area contributed by atoms with Gasteiger partial charge in [0.15, 0.2) is 0 Å². The van der Waals surface area contributed by atoms with Gasteiger partial charge in [-0.3, -0.25) is 4.79 Å². The Bertz CT molecular complexity index is 174. The number of hydrogen-bond donors (Lipinski definition) is 1. The molecule has 1 amide bonds. The molecule has 0 aromatic heterocycles. The smallest absolute Gasteiger partial charge is 0.255 e. The second-order valence-electron chi connectivity index (χ2n) is 3.62. The van der Waals surface area contributed by atoms with E-state index in [0.717, 1.165) is 4.90 Å². The molecule has 0 saturated carbocycles. The summed E-state index contributed by atoms with van der Waals surface area (Å²) >= 11 is 0. The Morgan fingerprint density at radius 1 is 1.43 bits per heavy atom. The average Bonchev–Trinajstić information content (AvgIpc) is 2.01. The van der Waals surface area contributed by atoms with Crippen LogP contribution >= 0.6 is 0 Å². The second kappa shape index (κ2) is 6.70. The molecule has 0 spiro atoms. The lowest BCUT2D eigenvalue weighted by Crippen LogP contribution is -2.39. The summed E-state index contributed by atoms with van der Waals surface area (Å²) in [4.78, 5) is 12.5. The number of amides is 1. The average molecular weight is 208 g/mol. The van der Waals surface area contributed by atoms with Crippen molar-refractivity contribution in [2.75, 3.05) is 19.6 Å². The van der Waals surface area contributed by atoms with Crippen LogP contribution in [0.4, 0.5) is 8.78 Å². The van der Waals surface area contributed by atoms with E-state index in [1.807, 2.05) is 13.8 Å². The molecular weight excluding hydrogens is 190 g/mol. The number of nitrogens with zero attached hydrogens (tertiary/aromatic N) is 1. The summed E-state index contributed by atoms with van der Waals surface area (Å²) in [6.07, 6.45) is -2.19. The lowest BCUT2D eigenvalue weighted by Gasteiger charge is -2.22. The van der Waals surface area contributed by atoms with Gasteiger partial charge < -0.3 is 10.6 Å². The van der Waals surface area contributed by atoms with Gasteiger partial charge in [-0.15, -0.1) is 0 Å². The minimum atomic E-state index is -2.49. The summed E-state index contributed by atoms with van der Waals surface area (Å²) in [5.41, 5.74) is 5.23. The van der Waals surface area contributed by atoms with Crippen LogP contribution in [0, 0.1) is 5.92 Å². The molecule has 0 aromatic carbocycles. The standard InChI is InChI=1S/C9H18F2N2O/c1-7(2)5-9(14)13(4-3-12)6-8(10)11/h7-8H,3-6,12H2,1-2H3. The van der Waals surface area contributed by atoms with Crippen LogP contribution in [0.3, 0.4) is 0 Å². The van der Waals surface area contributed by atoms with E-state index < -0.39 is 13.0 Å². The third-order valence-electron chi connectivity index (χ3n) is 1.69. The SMILES string of the molecule is CC(C)CC(=O)N(CCN)CC(F)F. The normalized spacial score (nSPS) is 11.1. The van der Waals surface area contributed by atoms with Crippen LogP contribution in [0.2, 0.25) is 0 Å². The van der Waals surface area contributed by atoms with Gasteiger partial charge in [0, 0.05) is 19.5 Å². The molecule has 3 nitrogen and oxygen atoms in total. The fourth-order valence-electron chi connectivity index (χ4n) is 1.12. The van der Waals surface area contributed by atoms with Gasteiger partial charge in [-0.25, -0.2) is 8.78 Å². The van der Waals surface area contributed by atoms with Crippen molar-refractivity contribution in [3.8, 4) is 0 Å². The van der Waals surface area contributed by atoms with E-state index in [0.29, 0.717) is 6.42 Å². The fraction of sp³-hybridized carbons (Fsp3) is 0.889. The molecule has 84 valence electrons. The number of carbonyl (C=O) groups is 1. The van der Waals surface area contributed by atoms with Crippen LogP contribution in [0.25, 0.3) is 0 Å². The van der Waals surface area contributed by atoms with Crippen LogP contribution in [-0.2, 0) is 4.79 Å². The number of alkyl halides is 2. The van der Waals surface area contributed by atoms with E-state index >= 15 is 0 Å². The van der Waals surface area contributed by atoms with E-state index in [1.54, 1.807) is 0 Å². The topological polar surface area (TPSA) is 46.3 Å². The second-order valence-corrected chi connectivity index (χ2v) is 3.62. The quantitative estimate of drug-likeness (QED) is 0.710. The molecule has 2 N–H and O–H groups in total. The number of hydrogen-bond acceptors (Lipinski definition) is 2. The summed E-state index contributed by atoms with van der Waals surface area (Å²) in [6, 6.07) is 0. The molecule has 0 aliphatic heterocycles. The maximum atomic E-state index is 12.1. The highest BCUT2D eigenvalue weighted by molar-refractivity contribution is 5.76. The molecule has 5 heteroatoms. The van der Waals surface area contributed by atoms with E-state index in [1.165, 1.54) is 0 Å². The van der Waals surface area contributed by atoms with Crippen molar-refractivity contribution in [1.82, 2.24) is 4.90 Å². The van der Waals surface area contributed by atoms with E-state index in [2.05, 4.69) is 0 Å². The Kier molecular flexibility index (Phi) is 6.36. The van der Waals surface area contributed by atoms with Crippen LogP contribution in [-0.4, -0.2) is 36.9 Å². The zero-order chi connectivity index (χ0) is 11.1.